The molecule has 1 aromatic rings. The zero-order chi connectivity index (χ0) is 14.9. The quantitative estimate of drug-likeness (QED) is 0.493. The highest BCUT2D eigenvalue weighted by atomic mass is 16.5. The molecule has 2 N–H and O–H groups in total. The van der Waals surface area contributed by atoms with E-state index in [1.165, 1.54) is 5.56 Å². The molecule has 116 valence electrons. The number of aryl methyl sites for hydroxylation is 1. The van der Waals surface area contributed by atoms with E-state index in [1.54, 1.807) is 0 Å². The van der Waals surface area contributed by atoms with Crippen LogP contribution in [0.4, 0.5) is 0 Å². The smallest absolute Gasteiger partial charge is 0.191 e. The monoisotopic (exact) mass is 291 g/mol. The lowest BCUT2D eigenvalue weighted by molar-refractivity contribution is 0.0674. The summed E-state index contributed by atoms with van der Waals surface area (Å²) in [6.45, 7) is 6.69. The van der Waals surface area contributed by atoms with Gasteiger partial charge in [0.1, 0.15) is 5.75 Å². The van der Waals surface area contributed by atoms with E-state index >= 15 is 0 Å². The summed E-state index contributed by atoms with van der Waals surface area (Å²) >= 11 is 0. The summed E-state index contributed by atoms with van der Waals surface area (Å²) in [5.41, 5.74) is 7.20. The summed E-state index contributed by atoms with van der Waals surface area (Å²) in [5.74, 6) is 1.56. The van der Waals surface area contributed by atoms with Gasteiger partial charge in [0.15, 0.2) is 5.96 Å². The first-order chi connectivity index (χ1) is 10.3. The van der Waals surface area contributed by atoms with Gasteiger partial charge in [-0.1, -0.05) is 17.7 Å². The number of nitrogens with two attached hydrogens (primary N) is 1. The van der Waals surface area contributed by atoms with Crippen molar-refractivity contribution in [2.45, 2.75) is 19.8 Å². The zero-order valence-corrected chi connectivity index (χ0v) is 12.8. The first kappa shape index (κ1) is 15.6. The number of guanidine groups is 1. The fraction of sp³-hybridized carbons (Fsp3) is 0.562. The van der Waals surface area contributed by atoms with Crippen LogP contribution in [0.1, 0.15) is 18.4 Å². The number of morpholine rings is 1. The lowest BCUT2D eigenvalue weighted by atomic mass is 10.2. The second-order valence-corrected chi connectivity index (χ2v) is 5.21. The van der Waals surface area contributed by atoms with E-state index in [-0.39, 0.29) is 0 Å². The first-order valence-electron chi connectivity index (χ1n) is 7.58. The Morgan fingerprint density at radius 2 is 1.95 bits per heavy atom. The van der Waals surface area contributed by atoms with E-state index < -0.39 is 0 Å². The summed E-state index contributed by atoms with van der Waals surface area (Å²) in [6, 6.07) is 8.12. The Morgan fingerprint density at radius 1 is 1.24 bits per heavy atom. The number of hydrogen-bond donors (Lipinski definition) is 1. The van der Waals surface area contributed by atoms with Gasteiger partial charge < -0.3 is 20.1 Å². The second-order valence-electron chi connectivity index (χ2n) is 5.21. The Balaban J connectivity index is 1.57. The minimum atomic E-state index is 0.637. The van der Waals surface area contributed by atoms with Gasteiger partial charge in [-0.05, 0) is 31.9 Å². The van der Waals surface area contributed by atoms with Gasteiger partial charge >= 0.3 is 0 Å². The van der Waals surface area contributed by atoms with E-state index in [2.05, 4.69) is 28.9 Å². The number of aliphatic imine (C=N–C) groups is 1. The molecular formula is C16H25N3O2. The van der Waals surface area contributed by atoms with Crippen molar-refractivity contribution >= 4 is 5.96 Å². The van der Waals surface area contributed by atoms with Crippen LogP contribution in [0.15, 0.2) is 29.3 Å². The maximum Gasteiger partial charge on any atom is 0.191 e. The van der Waals surface area contributed by atoms with Crippen LogP contribution < -0.4 is 10.5 Å². The summed E-state index contributed by atoms with van der Waals surface area (Å²) in [5, 5.41) is 0. The lowest BCUT2D eigenvalue weighted by Crippen LogP contribution is -2.44. The van der Waals surface area contributed by atoms with E-state index in [0.29, 0.717) is 5.96 Å². The maximum absolute atomic E-state index is 5.96. The molecule has 0 radical (unpaired) electrons. The molecule has 0 spiro atoms. The van der Waals surface area contributed by atoms with Gasteiger partial charge in [-0.15, -0.1) is 0 Å². The zero-order valence-electron chi connectivity index (χ0n) is 12.8. The van der Waals surface area contributed by atoms with Crippen LogP contribution in [0.25, 0.3) is 0 Å². The number of hydrogen-bond acceptors (Lipinski definition) is 3. The van der Waals surface area contributed by atoms with E-state index in [0.717, 1.165) is 58.0 Å². The Labute approximate surface area is 126 Å². The highest BCUT2D eigenvalue weighted by Crippen LogP contribution is 2.11. The Morgan fingerprint density at radius 3 is 2.67 bits per heavy atom. The fourth-order valence-electron chi connectivity index (χ4n) is 2.12. The van der Waals surface area contributed by atoms with Crippen LogP contribution in [0, 0.1) is 6.92 Å². The van der Waals surface area contributed by atoms with Crippen molar-refractivity contribution in [3.05, 3.63) is 29.8 Å². The van der Waals surface area contributed by atoms with Gasteiger partial charge in [0.25, 0.3) is 0 Å². The van der Waals surface area contributed by atoms with Crippen LogP contribution in [0.3, 0.4) is 0 Å². The molecule has 21 heavy (non-hydrogen) atoms. The van der Waals surface area contributed by atoms with Crippen molar-refractivity contribution in [2.24, 2.45) is 10.7 Å². The van der Waals surface area contributed by atoms with E-state index in [9.17, 15) is 0 Å². The van der Waals surface area contributed by atoms with E-state index in [1.807, 2.05) is 12.1 Å². The van der Waals surface area contributed by atoms with Crippen LogP contribution in [-0.4, -0.2) is 50.3 Å². The van der Waals surface area contributed by atoms with Crippen molar-refractivity contribution in [1.82, 2.24) is 4.90 Å². The van der Waals surface area contributed by atoms with Crippen LogP contribution in [0.5, 0.6) is 5.75 Å². The third-order valence-corrected chi connectivity index (χ3v) is 3.45. The van der Waals surface area contributed by atoms with Gasteiger partial charge in [-0.25, -0.2) is 0 Å². The molecule has 0 aromatic heterocycles. The molecule has 5 heteroatoms. The predicted molar refractivity (Wildman–Crippen MR) is 84.8 cm³/mol. The van der Waals surface area contributed by atoms with Crippen molar-refractivity contribution in [1.29, 1.82) is 0 Å². The Bertz CT molecular complexity index is 439. The van der Waals surface area contributed by atoms with E-state index in [4.69, 9.17) is 15.2 Å². The van der Waals surface area contributed by atoms with Gasteiger partial charge in [-0.3, -0.25) is 4.99 Å². The fourth-order valence-corrected chi connectivity index (χ4v) is 2.12. The number of benzene rings is 1. The summed E-state index contributed by atoms with van der Waals surface area (Å²) in [4.78, 5) is 6.49. The molecule has 1 aliphatic rings. The molecule has 0 aliphatic carbocycles. The predicted octanol–water partition coefficient (Wildman–Crippen LogP) is 1.80. The second kappa shape index (κ2) is 8.52. The molecule has 0 bridgehead atoms. The van der Waals surface area contributed by atoms with Gasteiger partial charge in [-0.2, -0.15) is 0 Å². The average Bonchev–Trinajstić information content (AvgIpc) is 2.53. The van der Waals surface area contributed by atoms with Gasteiger partial charge in [0, 0.05) is 19.6 Å². The molecule has 5 nitrogen and oxygen atoms in total. The largest absolute Gasteiger partial charge is 0.494 e. The van der Waals surface area contributed by atoms with Crippen molar-refractivity contribution in [2.75, 3.05) is 39.5 Å². The molecule has 0 unspecified atom stereocenters. The highest BCUT2D eigenvalue weighted by Gasteiger charge is 2.11. The number of ether oxygens (including phenoxy) is 2. The molecule has 1 fully saturated rings. The normalized spacial score (nSPS) is 16.0. The number of nitrogens with zero attached hydrogens (tertiary/aromatic N) is 2. The Hall–Kier alpha value is -1.75. The van der Waals surface area contributed by atoms with Crippen molar-refractivity contribution in [3.8, 4) is 5.75 Å². The number of rotatable bonds is 6. The molecule has 1 saturated heterocycles. The van der Waals surface area contributed by atoms with Crippen LogP contribution >= 0.6 is 0 Å². The maximum atomic E-state index is 5.96. The lowest BCUT2D eigenvalue weighted by Gasteiger charge is -2.27. The third kappa shape index (κ3) is 5.63. The minimum Gasteiger partial charge on any atom is -0.494 e. The highest BCUT2D eigenvalue weighted by molar-refractivity contribution is 5.78. The topological polar surface area (TPSA) is 60.1 Å². The van der Waals surface area contributed by atoms with Gasteiger partial charge in [0.05, 0.1) is 19.8 Å². The third-order valence-electron chi connectivity index (χ3n) is 3.45. The SMILES string of the molecule is Cc1ccc(OCCCCN=C(N)N2CCOCC2)cc1. The molecular weight excluding hydrogens is 266 g/mol. The van der Waals surface area contributed by atoms with Crippen molar-refractivity contribution in [3.63, 3.8) is 0 Å². The molecule has 1 heterocycles. The van der Waals surface area contributed by atoms with Crippen LogP contribution in [0.2, 0.25) is 0 Å². The number of unbranched alkanes of at least 4 members (excludes halogenated alkanes) is 1. The molecule has 1 aliphatic heterocycles. The molecule has 2 rings (SSSR count). The molecule has 0 atom stereocenters. The molecule has 0 saturated carbocycles. The summed E-state index contributed by atoms with van der Waals surface area (Å²) in [6.07, 6.45) is 1.96. The standard InChI is InChI=1S/C16H25N3O2/c1-14-4-6-15(7-5-14)21-11-3-2-8-18-16(17)19-9-12-20-13-10-19/h4-7H,2-3,8-13H2,1H3,(H2,17,18). The molecule has 0 amide bonds. The first-order valence-corrected chi connectivity index (χ1v) is 7.58. The van der Waals surface area contributed by atoms with Gasteiger partial charge in [0.2, 0.25) is 0 Å². The summed E-state index contributed by atoms with van der Waals surface area (Å²) < 4.78 is 11.0. The minimum absolute atomic E-state index is 0.637. The molecule has 1 aromatic carbocycles. The van der Waals surface area contributed by atoms with Crippen LogP contribution in [-0.2, 0) is 4.74 Å². The summed E-state index contributed by atoms with van der Waals surface area (Å²) in [7, 11) is 0. The van der Waals surface area contributed by atoms with Crippen molar-refractivity contribution < 1.29 is 9.47 Å². The Kier molecular flexibility index (Phi) is 6.34. The average molecular weight is 291 g/mol.